The van der Waals surface area contributed by atoms with Crippen molar-refractivity contribution in [3.05, 3.63) is 0 Å². The molecular formula is C7H14O6. The van der Waals surface area contributed by atoms with Gasteiger partial charge < -0.3 is 30.6 Å². The Balaban J connectivity index is 3.09. The van der Waals surface area contributed by atoms with Crippen molar-refractivity contribution in [2.24, 2.45) is 0 Å². The molecule has 0 radical (unpaired) electrons. The number of rotatable bonds is 2. The second-order valence-corrected chi connectivity index (χ2v) is 3.33. The molecule has 6 heteroatoms. The molecule has 0 aromatic carbocycles. The van der Waals surface area contributed by atoms with Gasteiger partial charge in [-0.1, -0.05) is 0 Å². The zero-order chi connectivity index (χ0) is 11.1. The molecule has 1 saturated carbocycles. The van der Waals surface area contributed by atoms with Crippen molar-refractivity contribution >= 4 is 0 Å². The molecule has 0 saturated heterocycles. The highest BCUT2D eigenvalue weighted by Crippen LogP contribution is 2.37. The highest BCUT2D eigenvalue weighted by molar-refractivity contribution is 5.10. The maximum atomic E-state index is 9.56. The summed E-state index contributed by atoms with van der Waals surface area (Å²) in [6.07, 6.45) is -5.52. The van der Waals surface area contributed by atoms with Gasteiger partial charge in [-0.3, -0.25) is 0 Å². The maximum absolute atomic E-state index is 9.56. The average Bonchev–Trinajstić information content (AvgIpc) is 2.33. The molecule has 0 amide bonds. The second-order valence-electron chi connectivity index (χ2n) is 3.33. The molecule has 0 aromatic rings. The SMILES string of the molecule is [2H]C1[C@@](O)(CO)[C@@H](O)[C@H](O)[C@]1(O)CO. The molecule has 0 spiro atoms. The van der Waals surface area contributed by atoms with Gasteiger partial charge in [0.2, 0.25) is 0 Å². The van der Waals surface area contributed by atoms with Gasteiger partial charge in [-0.25, -0.2) is 0 Å². The van der Waals surface area contributed by atoms with Crippen LogP contribution in [0.1, 0.15) is 7.77 Å². The van der Waals surface area contributed by atoms with Gasteiger partial charge in [0.15, 0.2) is 0 Å². The lowest BCUT2D eigenvalue weighted by molar-refractivity contribution is -0.123. The Morgan fingerprint density at radius 2 is 1.38 bits per heavy atom. The summed E-state index contributed by atoms with van der Waals surface area (Å²) in [7, 11) is 0. The Morgan fingerprint density at radius 3 is 1.54 bits per heavy atom. The lowest BCUT2D eigenvalue weighted by Crippen LogP contribution is -2.46. The van der Waals surface area contributed by atoms with Crippen LogP contribution in [0.5, 0.6) is 0 Å². The second kappa shape index (κ2) is 3.16. The Labute approximate surface area is 76.1 Å². The van der Waals surface area contributed by atoms with Gasteiger partial charge in [-0.2, -0.15) is 0 Å². The molecule has 1 aliphatic carbocycles. The van der Waals surface area contributed by atoms with E-state index in [0.717, 1.165) is 0 Å². The Morgan fingerprint density at radius 1 is 1.08 bits per heavy atom. The van der Waals surface area contributed by atoms with Crippen molar-refractivity contribution < 1.29 is 32.0 Å². The predicted octanol–water partition coefficient (Wildman–Crippen LogP) is -3.44. The van der Waals surface area contributed by atoms with Crippen molar-refractivity contribution in [3.8, 4) is 0 Å². The molecule has 78 valence electrons. The Hall–Kier alpha value is -0.240. The van der Waals surface area contributed by atoms with E-state index in [-0.39, 0.29) is 0 Å². The number of aliphatic hydroxyl groups excluding tert-OH is 4. The minimum Gasteiger partial charge on any atom is -0.393 e. The zero-order valence-corrected chi connectivity index (χ0v) is 6.83. The van der Waals surface area contributed by atoms with E-state index >= 15 is 0 Å². The van der Waals surface area contributed by atoms with Crippen molar-refractivity contribution in [2.75, 3.05) is 13.2 Å². The summed E-state index contributed by atoms with van der Waals surface area (Å²) in [5.41, 5.74) is -4.65. The van der Waals surface area contributed by atoms with E-state index in [2.05, 4.69) is 0 Å². The molecule has 1 fully saturated rings. The van der Waals surface area contributed by atoms with Crippen molar-refractivity contribution in [1.82, 2.24) is 0 Å². The van der Waals surface area contributed by atoms with Gasteiger partial charge in [-0.15, -0.1) is 0 Å². The first-order chi connectivity index (χ1) is 6.34. The summed E-state index contributed by atoms with van der Waals surface area (Å²) >= 11 is 0. The van der Waals surface area contributed by atoms with Gasteiger partial charge >= 0.3 is 0 Å². The first-order valence-corrected chi connectivity index (χ1v) is 3.79. The molecule has 6 N–H and O–H groups in total. The van der Waals surface area contributed by atoms with Gasteiger partial charge in [0, 0.05) is 7.77 Å². The smallest absolute Gasteiger partial charge is 0.119 e. The highest BCUT2D eigenvalue weighted by atomic mass is 16.4. The molecule has 0 unspecified atom stereocenters. The third-order valence-corrected chi connectivity index (χ3v) is 2.33. The maximum Gasteiger partial charge on any atom is 0.119 e. The third kappa shape index (κ3) is 1.45. The van der Waals surface area contributed by atoms with Gasteiger partial charge in [-0.05, 0) is 0 Å². The number of hydrogen-bond donors (Lipinski definition) is 6. The molecule has 0 aliphatic heterocycles. The van der Waals surface area contributed by atoms with Crippen molar-refractivity contribution in [2.45, 2.75) is 29.8 Å². The molecule has 0 aromatic heterocycles. The van der Waals surface area contributed by atoms with Crippen LogP contribution in [0.4, 0.5) is 0 Å². The lowest BCUT2D eigenvalue weighted by atomic mass is 9.98. The van der Waals surface area contributed by atoms with E-state index in [9.17, 15) is 20.4 Å². The summed E-state index contributed by atoms with van der Waals surface area (Å²) in [4.78, 5) is 0. The molecular weight excluding hydrogens is 180 g/mol. The van der Waals surface area contributed by atoms with E-state index in [4.69, 9.17) is 11.6 Å². The molecule has 4 atom stereocenters. The zero-order valence-electron chi connectivity index (χ0n) is 7.83. The van der Waals surface area contributed by atoms with E-state index in [0.29, 0.717) is 0 Å². The molecule has 1 aliphatic rings. The van der Waals surface area contributed by atoms with Gasteiger partial charge in [0.1, 0.15) is 23.4 Å². The van der Waals surface area contributed by atoms with Crippen LogP contribution in [0, 0.1) is 0 Å². The van der Waals surface area contributed by atoms with E-state index in [1.165, 1.54) is 0 Å². The van der Waals surface area contributed by atoms with Gasteiger partial charge in [0.25, 0.3) is 0 Å². The van der Waals surface area contributed by atoms with Crippen LogP contribution in [0.15, 0.2) is 0 Å². The predicted molar refractivity (Wildman–Crippen MR) is 40.7 cm³/mol. The first-order valence-electron chi connectivity index (χ1n) is 4.37. The monoisotopic (exact) mass is 195 g/mol. The third-order valence-electron chi connectivity index (χ3n) is 2.33. The molecule has 13 heavy (non-hydrogen) atoms. The largest absolute Gasteiger partial charge is 0.393 e. The first kappa shape index (κ1) is 9.32. The fraction of sp³-hybridized carbons (Fsp3) is 1.00. The number of hydrogen-bond acceptors (Lipinski definition) is 6. The fourth-order valence-corrected chi connectivity index (χ4v) is 1.43. The standard InChI is InChI=1S/C7H14O6/c8-2-6(12)1-7(13,3-9)5(11)4(6)10/h4-5,8-13H,1-3H2/t4-,5-,6+,7+/m0/s1/i1D. The van der Waals surface area contributed by atoms with E-state index in [1.807, 2.05) is 0 Å². The molecule has 1 rings (SSSR count). The lowest BCUT2D eigenvalue weighted by Gasteiger charge is -2.23. The summed E-state index contributed by atoms with van der Waals surface area (Å²) < 4.78 is 7.36. The molecule has 0 bridgehead atoms. The van der Waals surface area contributed by atoms with Crippen molar-refractivity contribution in [1.29, 1.82) is 0 Å². The minimum absolute atomic E-state index is 0.984. The van der Waals surface area contributed by atoms with Crippen LogP contribution in [-0.2, 0) is 0 Å². The van der Waals surface area contributed by atoms with Gasteiger partial charge in [0.05, 0.1) is 13.2 Å². The van der Waals surface area contributed by atoms with Crippen LogP contribution in [0.2, 0.25) is 0 Å². The Kier molecular flexibility index (Phi) is 2.26. The minimum atomic E-state index is -2.32. The summed E-state index contributed by atoms with van der Waals surface area (Å²) in [5.74, 6) is 0. The van der Waals surface area contributed by atoms with Crippen LogP contribution in [0.25, 0.3) is 0 Å². The molecule has 0 heterocycles. The highest BCUT2D eigenvalue weighted by Gasteiger charge is 2.59. The van der Waals surface area contributed by atoms with E-state index in [1.54, 1.807) is 0 Å². The number of aliphatic hydroxyl groups is 6. The topological polar surface area (TPSA) is 121 Å². The normalized spacial score (nSPS) is 53.8. The Bertz CT molecular complexity index is 204. The summed E-state index contributed by atoms with van der Waals surface area (Å²) in [6.45, 7) is -1.97. The van der Waals surface area contributed by atoms with Crippen LogP contribution >= 0.6 is 0 Å². The van der Waals surface area contributed by atoms with Crippen molar-refractivity contribution in [3.63, 3.8) is 0 Å². The summed E-state index contributed by atoms with van der Waals surface area (Å²) in [6, 6.07) is 0. The summed E-state index contributed by atoms with van der Waals surface area (Å²) in [5, 5.41) is 55.3. The van der Waals surface area contributed by atoms with E-state index < -0.39 is 43.0 Å². The van der Waals surface area contributed by atoms with Crippen LogP contribution in [0.3, 0.4) is 0 Å². The average molecular weight is 195 g/mol. The quantitative estimate of drug-likeness (QED) is 0.272. The molecule has 6 nitrogen and oxygen atoms in total. The fourth-order valence-electron chi connectivity index (χ4n) is 1.43. The van der Waals surface area contributed by atoms with Crippen LogP contribution < -0.4 is 0 Å². The van der Waals surface area contributed by atoms with Crippen LogP contribution in [-0.4, -0.2) is 67.3 Å².